The molecule has 3 amide bonds. The lowest BCUT2D eigenvalue weighted by atomic mass is 9.75. The van der Waals surface area contributed by atoms with E-state index in [-0.39, 0.29) is 29.0 Å². The summed E-state index contributed by atoms with van der Waals surface area (Å²) in [5.41, 5.74) is 6.82. The van der Waals surface area contributed by atoms with Crippen LogP contribution >= 0.6 is 0 Å². The van der Waals surface area contributed by atoms with E-state index >= 15 is 4.39 Å². The van der Waals surface area contributed by atoms with Crippen molar-refractivity contribution in [1.29, 1.82) is 0 Å². The number of carbonyl (C=O) groups is 3. The first-order valence-electron chi connectivity index (χ1n) is 21.9. The van der Waals surface area contributed by atoms with Gasteiger partial charge in [-0.3, -0.25) is 24.6 Å². The Morgan fingerprint density at radius 1 is 1.06 bits per heavy atom. The lowest BCUT2D eigenvalue weighted by Crippen LogP contribution is -2.53. The van der Waals surface area contributed by atoms with Crippen LogP contribution in [0.25, 0.3) is 33.2 Å². The maximum absolute atomic E-state index is 16.2. The highest BCUT2D eigenvalue weighted by molar-refractivity contribution is 6.13. The molecule has 3 aromatic carbocycles. The third-order valence-electron chi connectivity index (χ3n) is 13.8. The number of nitrogens with one attached hydrogen (secondary N) is 4. The van der Waals surface area contributed by atoms with Gasteiger partial charge in [-0.1, -0.05) is 24.2 Å². The SMILES string of the molecule is COc1cc2c(cc1N1CCN([C@H]3C[C@@H](c4ccc(NCC5CCC(=O)NC5=O)cc4)C3)CC1)[nH]c1ncnc(-c3cc(C)c([C@@H](C)NC(=O)c4nc(C5(C)CC5)no4)cc3F)c12. The molecule has 5 heterocycles. The molecule has 4 fully saturated rings. The number of carbonyl (C=O) groups excluding carboxylic acids is 3. The van der Waals surface area contributed by atoms with Crippen LogP contribution < -0.4 is 25.6 Å². The van der Waals surface area contributed by atoms with Gasteiger partial charge in [-0.15, -0.1) is 0 Å². The Labute approximate surface area is 363 Å². The third kappa shape index (κ3) is 7.74. The summed E-state index contributed by atoms with van der Waals surface area (Å²) < 4.78 is 27.5. The van der Waals surface area contributed by atoms with Gasteiger partial charge in [-0.05, 0) is 105 Å². The number of aromatic nitrogens is 5. The second-order valence-electron chi connectivity index (χ2n) is 18.0. The number of methoxy groups -OCH3 is 1. The number of rotatable bonds is 12. The molecule has 0 spiro atoms. The molecule has 6 aromatic rings. The Bertz CT molecular complexity index is 2750. The minimum Gasteiger partial charge on any atom is -0.495 e. The van der Waals surface area contributed by atoms with E-state index in [9.17, 15) is 14.4 Å². The molecule has 2 saturated carbocycles. The fourth-order valence-electron chi connectivity index (χ4n) is 9.54. The van der Waals surface area contributed by atoms with Gasteiger partial charge in [0.1, 0.15) is 23.5 Å². The van der Waals surface area contributed by atoms with E-state index in [4.69, 9.17) is 9.26 Å². The molecule has 4 aliphatic rings. The van der Waals surface area contributed by atoms with Gasteiger partial charge in [0.15, 0.2) is 5.82 Å². The van der Waals surface area contributed by atoms with E-state index in [1.54, 1.807) is 20.1 Å². The van der Waals surface area contributed by atoms with E-state index in [0.717, 1.165) is 85.5 Å². The highest BCUT2D eigenvalue weighted by Gasteiger charge is 2.44. The molecule has 4 N–H and O–H groups in total. The van der Waals surface area contributed by atoms with Crippen molar-refractivity contribution in [3.05, 3.63) is 89.1 Å². The maximum atomic E-state index is 16.2. The smallest absolute Gasteiger partial charge is 0.315 e. The molecular formula is C47H51FN10O5. The predicted octanol–water partition coefficient (Wildman–Crippen LogP) is 6.69. The van der Waals surface area contributed by atoms with Gasteiger partial charge in [-0.25, -0.2) is 14.4 Å². The summed E-state index contributed by atoms with van der Waals surface area (Å²) in [6.45, 7) is 9.83. The number of imide groups is 1. The van der Waals surface area contributed by atoms with E-state index in [1.165, 1.54) is 18.0 Å². The number of hydrogen-bond acceptors (Lipinski definition) is 12. The summed E-state index contributed by atoms with van der Waals surface area (Å²) in [7, 11) is 1.68. The molecule has 3 aromatic heterocycles. The first-order valence-corrected chi connectivity index (χ1v) is 21.9. The van der Waals surface area contributed by atoms with Crippen LogP contribution in [0.4, 0.5) is 15.8 Å². The van der Waals surface area contributed by atoms with E-state index < -0.39 is 17.8 Å². The summed E-state index contributed by atoms with van der Waals surface area (Å²) in [6, 6.07) is 15.9. The number of benzene rings is 3. The minimum absolute atomic E-state index is 0.105. The van der Waals surface area contributed by atoms with E-state index in [2.05, 4.69) is 81.2 Å². The number of piperidine rings is 1. The van der Waals surface area contributed by atoms with E-state index in [1.807, 2.05) is 19.9 Å². The normalized spacial score (nSPS) is 21.5. The Kier molecular flexibility index (Phi) is 10.4. The summed E-state index contributed by atoms with van der Waals surface area (Å²) in [4.78, 5) is 58.5. The fraction of sp³-hybridized carbons (Fsp3) is 0.426. The lowest BCUT2D eigenvalue weighted by Gasteiger charge is -2.47. The summed E-state index contributed by atoms with van der Waals surface area (Å²) in [5.74, 6) is 0.116. The number of aryl methyl sites for hydroxylation is 1. The molecule has 15 nitrogen and oxygen atoms in total. The number of H-pyrrole nitrogens is 1. The molecule has 10 rings (SSSR count). The predicted molar refractivity (Wildman–Crippen MR) is 235 cm³/mol. The van der Waals surface area contributed by atoms with Crippen molar-refractivity contribution in [2.75, 3.05) is 50.1 Å². The van der Waals surface area contributed by atoms with Crippen molar-refractivity contribution in [2.24, 2.45) is 5.92 Å². The number of amides is 3. The first kappa shape index (κ1) is 40.6. The first-order chi connectivity index (χ1) is 30.4. The van der Waals surface area contributed by atoms with Crippen LogP contribution in [0.5, 0.6) is 5.75 Å². The summed E-state index contributed by atoms with van der Waals surface area (Å²) in [6.07, 6.45) is 6.57. The molecule has 2 aliphatic heterocycles. The fourth-order valence-corrected chi connectivity index (χ4v) is 9.54. The quantitative estimate of drug-likeness (QED) is 0.0959. The maximum Gasteiger partial charge on any atom is 0.315 e. The molecule has 326 valence electrons. The van der Waals surface area contributed by atoms with Gasteiger partial charge in [0.2, 0.25) is 11.8 Å². The Morgan fingerprint density at radius 3 is 2.57 bits per heavy atom. The van der Waals surface area contributed by atoms with Gasteiger partial charge >= 0.3 is 11.8 Å². The molecule has 2 aliphatic carbocycles. The minimum atomic E-state index is -0.532. The largest absolute Gasteiger partial charge is 0.495 e. The molecule has 2 saturated heterocycles. The molecule has 63 heavy (non-hydrogen) atoms. The zero-order valence-corrected chi connectivity index (χ0v) is 35.9. The van der Waals surface area contributed by atoms with Gasteiger partial charge in [0.25, 0.3) is 0 Å². The van der Waals surface area contributed by atoms with Crippen LogP contribution in [-0.4, -0.2) is 93.6 Å². The van der Waals surface area contributed by atoms with Crippen LogP contribution in [-0.2, 0) is 15.0 Å². The van der Waals surface area contributed by atoms with Gasteiger partial charge < -0.3 is 29.8 Å². The number of ether oxygens (including phenoxy) is 1. The van der Waals surface area contributed by atoms with Crippen molar-refractivity contribution in [3.63, 3.8) is 0 Å². The van der Waals surface area contributed by atoms with Crippen molar-refractivity contribution in [3.8, 4) is 17.0 Å². The lowest BCUT2D eigenvalue weighted by molar-refractivity contribution is -0.135. The average molecular weight is 855 g/mol. The van der Waals surface area contributed by atoms with Crippen LogP contribution in [0.1, 0.15) is 97.5 Å². The number of aromatic amines is 1. The highest BCUT2D eigenvalue weighted by atomic mass is 19.1. The van der Waals surface area contributed by atoms with Crippen molar-refractivity contribution in [2.45, 2.75) is 82.7 Å². The molecule has 16 heteroatoms. The molecular weight excluding hydrogens is 804 g/mol. The zero-order valence-electron chi connectivity index (χ0n) is 35.9. The number of piperazine rings is 1. The Hall–Kier alpha value is -6.42. The van der Waals surface area contributed by atoms with Crippen LogP contribution in [0, 0.1) is 18.7 Å². The molecule has 2 atom stereocenters. The zero-order chi connectivity index (χ0) is 43.6. The molecule has 1 unspecified atom stereocenters. The van der Waals surface area contributed by atoms with Gasteiger partial charge in [0.05, 0.1) is 41.4 Å². The van der Waals surface area contributed by atoms with Crippen molar-refractivity contribution >= 4 is 51.0 Å². The van der Waals surface area contributed by atoms with Crippen molar-refractivity contribution < 1.29 is 28.0 Å². The second-order valence-corrected chi connectivity index (χ2v) is 18.0. The number of fused-ring (bicyclic) bond motifs is 3. The van der Waals surface area contributed by atoms with Gasteiger partial charge in [-0.2, -0.15) is 4.98 Å². The Morgan fingerprint density at radius 2 is 1.84 bits per heavy atom. The molecule has 0 radical (unpaired) electrons. The van der Waals surface area contributed by atoms with Crippen LogP contribution in [0.3, 0.4) is 0 Å². The van der Waals surface area contributed by atoms with Gasteiger partial charge in [0, 0.05) is 67.2 Å². The number of halogens is 1. The second kappa shape index (κ2) is 16.0. The average Bonchev–Trinajstić information content (AvgIpc) is 3.63. The summed E-state index contributed by atoms with van der Waals surface area (Å²) >= 11 is 0. The molecule has 0 bridgehead atoms. The highest BCUT2D eigenvalue weighted by Crippen LogP contribution is 2.46. The standard InChI is InChI=1S/C47H51FN10O5/c1-25-17-33(35(48)20-32(25)26(2)52-44(61)45-55-46(56-63-45)47(3)11-12-47)41-40-34-21-38(62-4)37(22-36(34)53-42(40)51-24-50-41)58-15-13-57(14-16-58)31-18-29(19-31)27-5-8-30(9-6-27)49-23-28-7-10-39(59)54-43(28)60/h5-6,8-9,17,20-22,24,26,28-29,31,49H,7,10-16,18-19,23H2,1-4H3,(H,52,61)(H,50,51,53)(H,54,59,60)/t26-,28?,29-,31+/m1/s1. The number of nitrogens with zero attached hydrogens (tertiary/aromatic N) is 6. The monoisotopic (exact) mass is 854 g/mol. The number of anilines is 2. The van der Waals surface area contributed by atoms with Crippen LogP contribution in [0.2, 0.25) is 0 Å². The van der Waals surface area contributed by atoms with Crippen LogP contribution in [0.15, 0.2) is 59.4 Å². The third-order valence-corrected chi connectivity index (χ3v) is 13.8. The number of hydrogen-bond donors (Lipinski definition) is 4. The topological polar surface area (TPSA) is 183 Å². The Balaban J connectivity index is 0.789. The van der Waals surface area contributed by atoms with Crippen molar-refractivity contribution in [1.82, 2.24) is 40.6 Å². The van der Waals surface area contributed by atoms with E-state index in [0.29, 0.717) is 65.0 Å². The summed E-state index contributed by atoms with van der Waals surface area (Å²) in [5, 5.41) is 14.2.